The Labute approximate surface area is 163 Å². The van der Waals surface area contributed by atoms with Gasteiger partial charge in [0.25, 0.3) is 5.91 Å². The highest BCUT2D eigenvalue weighted by Gasteiger charge is 2.35. The van der Waals surface area contributed by atoms with E-state index in [0.717, 1.165) is 17.0 Å². The number of aryl methyl sites for hydroxylation is 2. The van der Waals surface area contributed by atoms with Gasteiger partial charge in [0.05, 0.1) is 12.3 Å². The average molecular weight is 387 g/mol. The minimum atomic E-state index is -0.638. The van der Waals surface area contributed by atoms with Crippen LogP contribution < -0.4 is 9.47 Å². The summed E-state index contributed by atoms with van der Waals surface area (Å²) in [5.41, 5.74) is 2.29. The molecule has 4 rings (SSSR count). The fraction of sp³-hybridized carbons (Fsp3) is 0.500. The van der Waals surface area contributed by atoms with Gasteiger partial charge in [-0.3, -0.25) is 9.48 Å². The van der Waals surface area contributed by atoms with Crippen molar-refractivity contribution in [2.45, 2.75) is 39.2 Å². The minimum absolute atomic E-state index is 0.103. The number of fused-ring (bicyclic) bond motifs is 1. The highest BCUT2D eigenvalue weighted by atomic mass is 16.7. The van der Waals surface area contributed by atoms with E-state index in [0.29, 0.717) is 31.1 Å². The van der Waals surface area contributed by atoms with Crippen molar-refractivity contribution in [1.82, 2.24) is 14.7 Å². The zero-order valence-corrected chi connectivity index (χ0v) is 16.6. The van der Waals surface area contributed by atoms with Crippen molar-refractivity contribution in [2.75, 3.05) is 19.9 Å². The first-order valence-corrected chi connectivity index (χ1v) is 9.31. The Morgan fingerprint density at radius 1 is 1.29 bits per heavy atom. The lowest BCUT2D eigenvalue weighted by molar-refractivity contribution is -0.139. The van der Waals surface area contributed by atoms with Crippen LogP contribution >= 0.6 is 0 Å². The van der Waals surface area contributed by atoms with Crippen LogP contribution in [0, 0.1) is 6.92 Å². The Morgan fingerprint density at radius 3 is 2.75 bits per heavy atom. The number of hydrogen-bond donors (Lipinski definition) is 0. The molecule has 1 saturated heterocycles. The molecule has 2 aliphatic heterocycles. The highest BCUT2D eigenvalue weighted by Crippen LogP contribution is 2.33. The third kappa shape index (κ3) is 3.83. The molecule has 0 saturated carbocycles. The first-order valence-electron chi connectivity index (χ1n) is 9.31. The van der Waals surface area contributed by atoms with Crippen LogP contribution in [0.15, 0.2) is 24.3 Å². The molecule has 0 aliphatic carbocycles. The van der Waals surface area contributed by atoms with E-state index in [2.05, 4.69) is 5.10 Å². The third-order valence-electron chi connectivity index (χ3n) is 4.81. The predicted octanol–water partition coefficient (Wildman–Crippen LogP) is 2.25. The molecule has 1 aromatic carbocycles. The molecule has 3 heterocycles. The predicted molar refractivity (Wildman–Crippen MR) is 100 cm³/mol. The summed E-state index contributed by atoms with van der Waals surface area (Å²) >= 11 is 0. The molecule has 1 fully saturated rings. The van der Waals surface area contributed by atoms with Crippen molar-refractivity contribution in [3.8, 4) is 11.5 Å². The highest BCUT2D eigenvalue weighted by molar-refractivity contribution is 5.92. The van der Waals surface area contributed by atoms with Gasteiger partial charge in [0.15, 0.2) is 17.3 Å². The van der Waals surface area contributed by atoms with Crippen molar-refractivity contribution >= 4 is 5.91 Å². The minimum Gasteiger partial charge on any atom is -0.454 e. The molecule has 1 aromatic heterocycles. The summed E-state index contributed by atoms with van der Waals surface area (Å²) in [6.45, 7) is 7.12. The summed E-state index contributed by atoms with van der Waals surface area (Å²) in [6, 6.07) is 7.52. The normalized spacial score (nSPS) is 19.8. The fourth-order valence-corrected chi connectivity index (χ4v) is 3.55. The van der Waals surface area contributed by atoms with Crippen LogP contribution in [0.4, 0.5) is 0 Å². The topological polar surface area (TPSA) is 75.1 Å². The maximum Gasteiger partial charge on any atom is 0.272 e. The van der Waals surface area contributed by atoms with Gasteiger partial charge in [-0.05, 0) is 44.5 Å². The Bertz CT molecular complexity index is 892. The summed E-state index contributed by atoms with van der Waals surface area (Å²) in [5, 5.41) is 4.30. The Kier molecular flexibility index (Phi) is 4.76. The molecule has 28 heavy (non-hydrogen) atoms. The van der Waals surface area contributed by atoms with Gasteiger partial charge in [-0.25, -0.2) is 0 Å². The lowest BCUT2D eigenvalue weighted by Gasteiger charge is -2.26. The molecule has 8 nitrogen and oxygen atoms in total. The molecule has 0 bridgehead atoms. The van der Waals surface area contributed by atoms with E-state index in [1.165, 1.54) is 0 Å². The number of hydrogen-bond acceptors (Lipinski definition) is 6. The summed E-state index contributed by atoms with van der Waals surface area (Å²) in [4.78, 5) is 15.0. The van der Waals surface area contributed by atoms with Crippen molar-refractivity contribution in [3.63, 3.8) is 0 Å². The summed E-state index contributed by atoms with van der Waals surface area (Å²) in [7, 11) is 1.78. The fourth-order valence-electron chi connectivity index (χ4n) is 3.55. The van der Waals surface area contributed by atoms with E-state index in [-0.39, 0.29) is 18.8 Å². The largest absolute Gasteiger partial charge is 0.454 e. The molecule has 2 aromatic rings. The van der Waals surface area contributed by atoms with E-state index in [4.69, 9.17) is 18.9 Å². The standard InChI is InChI=1S/C20H25N3O5/c1-13-7-16(22(4)21-13)19(24)23(10-15-11-27-20(2,3)28-15)9-14-5-6-17-18(8-14)26-12-25-17/h5-8,15H,9-12H2,1-4H3/t15-/m1/s1. The van der Waals surface area contributed by atoms with Gasteiger partial charge in [0, 0.05) is 20.1 Å². The van der Waals surface area contributed by atoms with Crippen LogP contribution in [0.5, 0.6) is 11.5 Å². The van der Waals surface area contributed by atoms with Crippen LogP contribution in [0.2, 0.25) is 0 Å². The van der Waals surface area contributed by atoms with Crippen LogP contribution in [0.25, 0.3) is 0 Å². The van der Waals surface area contributed by atoms with Gasteiger partial charge >= 0.3 is 0 Å². The number of rotatable bonds is 5. The number of carbonyl (C=O) groups excluding carboxylic acids is 1. The summed E-state index contributed by atoms with van der Waals surface area (Å²) < 4.78 is 24.0. The molecule has 1 atom stereocenters. The van der Waals surface area contributed by atoms with E-state index in [1.54, 1.807) is 22.7 Å². The molecule has 1 amide bonds. The van der Waals surface area contributed by atoms with Gasteiger partial charge in [0.2, 0.25) is 6.79 Å². The SMILES string of the molecule is Cc1cc(C(=O)N(Cc2ccc3c(c2)OCO3)C[C@@H]2COC(C)(C)O2)n(C)n1. The lowest BCUT2D eigenvalue weighted by atomic mass is 10.1. The average Bonchev–Trinajstić information content (AvgIpc) is 3.32. The lowest BCUT2D eigenvalue weighted by Crippen LogP contribution is -2.39. The molecule has 8 heteroatoms. The number of aromatic nitrogens is 2. The zero-order valence-electron chi connectivity index (χ0n) is 16.6. The Hall–Kier alpha value is -2.58. The summed E-state index contributed by atoms with van der Waals surface area (Å²) in [5.74, 6) is 0.677. The van der Waals surface area contributed by atoms with E-state index >= 15 is 0 Å². The van der Waals surface area contributed by atoms with Gasteiger partial charge in [-0.2, -0.15) is 5.10 Å². The quantitative estimate of drug-likeness (QED) is 0.783. The second-order valence-corrected chi connectivity index (χ2v) is 7.62. The monoisotopic (exact) mass is 387 g/mol. The number of benzene rings is 1. The number of amides is 1. The van der Waals surface area contributed by atoms with Crippen molar-refractivity contribution in [1.29, 1.82) is 0 Å². The van der Waals surface area contributed by atoms with Crippen molar-refractivity contribution in [2.24, 2.45) is 7.05 Å². The molecular weight excluding hydrogens is 362 g/mol. The van der Waals surface area contributed by atoms with Crippen LogP contribution in [-0.4, -0.2) is 52.4 Å². The van der Waals surface area contributed by atoms with Crippen LogP contribution in [-0.2, 0) is 23.1 Å². The molecule has 0 unspecified atom stereocenters. The zero-order chi connectivity index (χ0) is 19.9. The van der Waals surface area contributed by atoms with Gasteiger partial charge in [0.1, 0.15) is 11.8 Å². The molecule has 0 radical (unpaired) electrons. The Morgan fingerprint density at radius 2 is 2.07 bits per heavy atom. The Balaban J connectivity index is 1.57. The summed E-state index contributed by atoms with van der Waals surface area (Å²) in [6.07, 6.45) is -0.192. The second kappa shape index (κ2) is 7.10. The molecule has 0 N–H and O–H groups in total. The molecule has 150 valence electrons. The number of ether oxygens (including phenoxy) is 4. The molecular formula is C20H25N3O5. The third-order valence-corrected chi connectivity index (χ3v) is 4.81. The van der Waals surface area contributed by atoms with E-state index in [9.17, 15) is 4.79 Å². The maximum absolute atomic E-state index is 13.3. The van der Waals surface area contributed by atoms with Gasteiger partial charge in [-0.15, -0.1) is 0 Å². The van der Waals surface area contributed by atoms with E-state index in [1.807, 2.05) is 39.0 Å². The van der Waals surface area contributed by atoms with Crippen LogP contribution in [0.3, 0.4) is 0 Å². The van der Waals surface area contributed by atoms with Crippen molar-refractivity contribution in [3.05, 3.63) is 41.2 Å². The van der Waals surface area contributed by atoms with Gasteiger partial charge < -0.3 is 23.8 Å². The van der Waals surface area contributed by atoms with Gasteiger partial charge in [-0.1, -0.05) is 6.07 Å². The molecule has 2 aliphatic rings. The smallest absolute Gasteiger partial charge is 0.272 e. The first kappa shape index (κ1) is 18.8. The maximum atomic E-state index is 13.3. The number of nitrogens with zero attached hydrogens (tertiary/aromatic N) is 3. The van der Waals surface area contributed by atoms with Crippen LogP contribution in [0.1, 0.15) is 35.6 Å². The van der Waals surface area contributed by atoms with Crippen molar-refractivity contribution < 1.29 is 23.7 Å². The number of carbonyl (C=O) groups is 1. The molecule has 0 spiro atoms. The second-order valence-electron chi connectivity index (χ2n) is 7.62. The van der Waals surface area contributed by atoms with E-state index < -0.39 is 5.79 Å². The first-order chi connectivity index (χ1) is 13.3.